The molecule has 1 atom stereocenters. The van der Waals surface area contributed by atoms with Gasteiger partial charge in [-0.2, -0.15) is 0 Å². The summed E-state index contributed by atoms with van der Waals surface area (Å²) >= 11 is 0. The van der Waals surface area contributed by atoms with E-state index in [4.69, 9.17) is 9.84 Å². The first-order valence-corrected chi connectivity index (χ1v) is 7.16. The average molecular weight is 271 g/mol. The van der Waals surface area contributed by atoms with Crippen molar-refractivity contribution in [1.29, 1.82) is 0 Å². The predicted molar refractivity (Wildman–Crippen MR) is 72.4 cm³/mol. The largest absolute Gasteiger partial charge is 0.480 e. The number of carboxylic acids is 1. The van der Waals surface area contributed by atoms with Crippen molar-refractivity contribution in [3.63, 3.8) is 0 Å². The highest BCUT2D eigenvalue weighted by molar-refractivity contribution is 5.72. The molecule has 0 saturated carbocycles. The zero-order valence-corrected chi connectivity index (χ0v) is 11.8. The van der Waals surface area contributed by atoms with E-state index in [1.165, 1.54) is 0 Å². The molecule has 6 heteroatoms. The quantitative estimate of drug-likeness (QED) is 0.721. The minimum absolute atomic E-state index is 0.360. The number of rotatable bonds is 5. The lowest BCUT2D eigenvalue weighted by Crippen LogP contribution is -2.53. The van der Waals surface area contributed by atoms with Crippen molar-refractivity contribution in [2.45, 2.75) is 13.0 Å². The summed E-state index contributed by atoms with van der Waals surface area (Å²) in [6.45, 7) is 11.4. The van der Waals surface area contributed by atoms with Crippen LogP contribution < -0.4 is 0 Å². The third-order valence-electron chi connectivity index (χ3n) is 4.15. The summed E-state index contributed by atoms with van der Waals surface area (Å²) in [5.41, 5.74) is 0. The first-order chi connectivity index (χ1) is 9.16. The van der Waals surface area contributed by atoms with E-state index in [1.54, 1.807) is 6.92 Å². The number of piperazine rings is 1. The van der Waals surface area contributed by atoms with E-state index in [9.17, 15) is 4.79 Å². The van der Waals surface area contributed by atoms with Crippen molar-refractivity contribution >= 4 is 5.97 Å². The van der Waals surface area contributed by atoms with Crippen LogP contribution in [0, 0.1) is 0 Å². The summed E-state index contributed by atoms with van der Waals surface area (Å²) in [6.07, 6.45) is 0. The molecule has 2 rings (SSSR count). The Bertz CT molecular complexity index is 287. The van der Waals surface area contributed by atoms with Crippen LogP contribution in [0.5, 0.6) is 0 Å². The maximum atomic E-state index is 10.9. The standard InChI is InChI=1S/C13H25N3O3/c1-12(13(17)18)16-6-4-14(5-7-16)2-3-15-8-10-19-11-9-15/h12H,2-11H2,1H3,(H,17,18). The first-order valence-electron chi connectivity index (χ1n) is 7.16. The number of carbonyl (C=O) groups is 1. The first kappa shape index (κ1) is 14.7. The number of carboxylic acid groups (broad SMARTS) is 1. The fraction of sp³-hybridized carbons (Fsp3) is 0.923. The molecule has 0 spiro atoms. The second-order valence-corrected chi connectivity index (χ2v) is 5.35. The van der Waals surface area contributed by atoms with Crippen LogP contribution in [-0.4, -0.2) is 97.4 Å². The van der Waals surface area contributed by atoms with Gasteiger partial charge < -0.3 is 9.84 Å². The van der Waals surface area contributed by atoms with Gasteiger partial charge in [-0.25, -0.2) is 0 Å². The Morgan fingerprint density at radius 1 is 1.05 bits per heavy atom. The number of hydrogen-bond acceptors (Lipinski definition) is 5. The third-order valence-corrected chi connectivity index (χ3v) is 4.15. The third kappa shape index (κ3) is 4.42. The molecule has 0 bridgehead atoms. The number of aliphatic carboxylic acids is 1. The molecule has 1 N–H and O–H groups in total. The monoisotopic (exact) mass is 271 g/mol. The van der Waals surface area contributed by atoms with Gasteiger partial charge in [0.05, 0.1) is 13.2 Å². The van der Waals surface area contributed by atoms with Crippen molar-refractivity contribution < 1.29 is 14.6 Å². The van der Waals surface area contributed by atoms with Crippen LogP contribution in [0.4, 0.5) is 0 Å². The van der Waals surface area contributed by atoms with E-state index >= 15 is 0 Å². The second-order valence-electron chi connectivity index (χ2n) is 5.35. The number of hydrogen-bond donors (Lipinski definition) is 1. The Labute approximate surface area is 114 Å². The van der Waals surface area contributed by atoms with Gasteiger partial charge in [-0.05, 0) is 6.92 Å². The van der Waals surface area contributed by atoms with E-state index in [0.717, 1.165) is 65.6 Å². The number of nitrogens with zero attached hydrogens (tertiary/aromatic N) is 3. The topological polar surface area (TPSA) is 56.2 Å². The highest BCUT2D eigenvalue weighted by Gasteiger charge is 2.25. The normalized spacial score (nSPS) is 25.3. The van der Waals surface area contributed by atoms with Crippen LogP contribution in [0.3, 0.4) is 0 Å². The summed E-state index contributed by atoms with van der Waals surface area (Å²) in [6, 6.07) is -0.360. The van der Waals surface area contributed by atoms with Gasteiger partial charge in [-0.15, -0.1) is 0 Å². The van der Waals surface area contributed by atoms with Crippen molar-refractivity contribution in [1.82, 2.24) is 14.7 Å². The Kier molecular flexibility index (Phi) is 5.57. The molecular formula is C13H25N3O3. The predicted octanol–water partition coefficient (Wildman–Crippen LogP) is -0.591. The Morgan fingerprint density at radius 3 is 2.11 bits per heavy atom. The molecule has 0 amide bonds. The molecule has 1 unspecified atom stereocenters. The molecule has 110 valence electrons. The Morgan fingerprint density at radius 2 is 1.58 bits per heavy atom. The molecule has 19 heavy (non-hydrogen) atoms. The van der Waals surface area contributed by atoms with Gasteiger partial charge in [0.25, 0.3) is 0 Å². The second kappa shape index (κ2) is 7.19. The van der Waals surface area contributed by atoms with Crippen LogP contribution >= 0.6 is 0 Å². The molecule has 2 aliphatic rings. The maximum Gasteiger partial charge on any atom is 0.320 e. The molecule has 2 heterocycles. The van der Waals surface area contributed by atoms with Gasteiger partial charge in [0, 0.05) is 52.4 Å². The van der Waals surface area contributed by atoms with Gasteiger partial charge in [-0.1, -0.05) is 0 Å². The molecule has 0 radical (unpaired) electrons. The molecule has 6 nitrogen and oxygen atoms in total. The molecule has 2 fully saturated rings. The summed E-state index contributed by atoms with van der Waals surface area (Å²) in [4.78, 5) is 17.9. The maximum absolute atomic E-state index is 10.9. The molecule has 0 aromatic carbocycles. The fourth-order valence-electron chi connectivity index (χ4n) is 2.64. The zero-order valence-electron chi connectivity index (χ0n) is 11.8. The summed E-state index contributed by atoms with van der Waals surface area (Å²) in [5.74, 6) is -0.721. The van der Waals surface area contributed by atoms with E-state index < -0.39 is 5.97 Å². The van der Waals surface area contributed by atoms with Crippen LogP contribution in [0.15, 0.2) is 0 Å². The SMILES string of the molecule is CC(C(=O)O)N1CCN(CCN2CCOCC2)CC1. The summed E-state index contributed by atoms with van der Waals surface area (Å²) < 4.78 is 5.34. The Balaban J connectivity index is 1.64. The van der Waals surface area contributed by atoms with E-state index in [2.05, 4.69) is 9.80 Å². The van der Waals surface area contributed by atoms with Gasteiger partial charge in [0.1, 0.15) is 6.04 Å². The van der Waals surface area contributed by atoms with Gasteiger partial charge in [0.2, 0.25) is 0 Å². The molecule has 2 saturated heterocycles. The summed E-state index contributed by atoms with van der Waals surface area (Å²) in [5, 5.41) is 9.00. The highest BCUT2D eigenvalue weighted by atomic mass is 16.5. The molecule has 0 aromatic heterocycles. The van der Waals surface area contributed by atoms with Gasteiger partial charge >= 0.3 is 5.97 Å². The molecule has 2 aliphatic heterocycles. The van der Waals surface area contributed by atoms with Crippen LogP contribution in [0.2, 0.25) is 0 Å². The van der Waals surface area contributed by atoms with Crippen molar-refractivity contribution in [3.8, 4) is 0 Å². The lowest BCUT2D eigenvalue weighted by atomic mass is 10.2. The summed E-state index contributed by atoms with van der Waals surface area (Å²) in [7, 11) is 0. The van der Waals surface area contributed by atoms with Crippen LogP contribution in [-0.2, 0) is 9.53 Å². The van der Waals surface area contributed by atoms with Crippen molar-refractivity contribution in [3.05, 3.63) is 0 Å². The van der Waals surface area contributed by atoms with E-state index in [1.807, 2.05) is 4.90 Å². The van der Waals surface area contributed by atoms with Gasteiger partial charge in [0.15, 0.2) is 0 Å². The number of morpholine rings is 1. The minimum Gasteiger partial charge on any atom is -0.480 e. The zero-order chi connectivity index (χ0) is 13.7. The van der Waals surface area contributed by atoms with E-state index in [-0.39, 0.29) is 6.04 Å². The van der Waals surface area contributed by atoms with Crippen molar-refractivity contribution in [2.75, 3.05) is 65.6 Å². The van der Waals surface area contributed by atoms with Crippen LogP contribution in [0.1, 0.15) is 6.92 Å². The van der Waals surface area contributed by atoms with E-state index in [0.29, 0.717) is 0 Å². The molecule has 0 aromatic rings. The molecule has 0 aliphatic carbocycles. The average Bonchev–Trinajstić information content (AvgIpc) is 2.46. The number of ether oxygens (including phenoxy) is 1. The van der Waals surface area contributed by atoms with Crippen molar-refractivity contribution in [2.24, 2.45) is 0 Å². The fourth-order valence-corrected chi connectivity index (χ4v) is 2.64. The lowest BCUT2D eigenvalue weighted by molar-refractivity contribution is -0.143. The highest BCUT2D eigenvalue weighted by Crippen LogP contribution is 2.07. The molecular weight excluding hydrogens is 246 g/mol. The smallest absolute Gasteiger partial charge is 0.320 e. The van der Waals surface area contributed by atoms with Gasteiger partial charge in [-0.3, -0.25) is 19.5 Å². The Hall–Kier alpha value is -0.690. The minimum atomic E-state index is -0.721. The van der Waals surface area contributed by atoms with Crippen LogP contribution in [0.25, 0.3) is 0 Å². The lowest BCUT2D eigenvalue weighted by Gasteiger charge is -2.37.